The number of aromatic nitrogens is 3. The Hall–Kier alpha value is -4.14. The normalized spacial score (nSPS) is 26.5. The zero-order valence-corrected chi connectivity index (χ0v) is 23.3. The van der Waals surface area contributed by atoms with Gasteiger partial charge in [-0.3, -0.25) is 9.88 Å². The average molecular weight is 587 g/mol. The van der Waals surface area contributed by atoms with Crippen molar-refractivity contribution in [2.24, 2.45) is 0 Å². The lowest BCUT2D eigenvalue weighted by molar-refractivity contribution is 0.107. The molecular formula is C32H29F3N6O2. The Bertz CT molecular complexity index is 1830. The van der Waals surface area contributed by atoms with Gasteiger partial charge in [-0.25, -0.2) is 13.2 Å². The number of nitrogens with zero attached hydrogens (tertiary/aromatic N) is 5. The summed E-state index contributed by atoms with van der Waals surface area (Å²) in [5.74, 6) is 1.33. The SMILES string of the molecule is C#Cc1c(F)ccc2cc(O)cc(-c3ncc4c(N5CC6CC(C5)N6)nc(OC[C@@]56CCCN5C[C@H](F)C6)nc4c3F)c12. The number of anilines is 1. The largest absolute Gasteiger partial charge is 0.508 e. The lowest BCUT2D eigenvalue weighted by atomic mass is 9.91. The number of ether oxygens (including phenoxy) is 1. The van der Waals surface area contributed by atoms with E-state index in [1.165, 1.54) is 30.5 Å². The van der Waals surface area contributed by atoms with Crippen molar-refractivity contribution in [3.8, 4) is 35.4 Å². The highest BCUT2D eigenvalue weighted by atomic mass is 19.1. The van der Waals surface area contributed by atoms with Crippen LogP contribution in [0.1, 0.15) is 31.2 Å². The molecule has 5 saturated heterocycles. The molecule has 8 nitrogen and oxygen atoms in total. The number of piperazine rings is 1. The van der Waals surface area contributed by atoms with Gasteiger partial charge >= 0.3 is 6.01 Å². The second kappa shape index (κ2) is 9.69. The molecule has 2 N–H and O–H groups in total. The number of rotatable bonds is 5. The van der Waals surface area contributed by atoms with E-state index >= 15 is 4.39 Å². The van der Waals surface area contributed by atoms with E-state index in [4.69, 9.17) is 16.1 Å². The number of pyridine rings is 1. The Kier molecular flexibility index (Phi) is 5.97. The van der Waals surface area contributed by atoms with Gasteiger partial charge in [0.2, 0.25) is 0 Å². The molecule has 2 aromatic heterocycles. The predicted molar refractivity (Wildman–Crippen MR) is 156 cm³/mol. The van der Waals surface area contributed by atoms with E-state index in [1.54, 1.807) is 0 Å². The number of aromatic hydroxyl groups is 1. The van der Waals surface area contributed by atoms with Crippen LogP contribution >= 0.6 is 0 Å². The van der Waals surface area contributed by atoms with Gasteiger partial charge in [0.1, 0.15) is 41.4 Å². The third-order valence-electron chi connectivity index (χ3n) is 9.55. The number of hydrogen-bond acceptors (Lipinski definition) is 8. The Morgan fingerprint density at radius 3 is 2.77 bits per heavy atom. The number of piperidine rings is 1. The van der Waals surface area contributed by atoms with E-state index in [0.717, 1.165) is 25.8 Å². The summed E-state index contributed by atoms with van der Waals surface area (Å²) in [4.78, 5) is 18.0. The van der Waals surface area contributed by atoms with Gasteiger partial charge in [0.05, 0.1) is 16.5 Å². The molecule has 2 aromatic carbocycles. The molecule has 4 atom stereocenters. The van der Waals surface area contributed by atoms with Gasteiger partial charge in [-0.1, -0.05) is 12.0 Å². The summed E-state index contributed by atoms with van der Waals surface area (Å²) >= 11 is 0. The molecule has 5 aliphatic heterocycles. The van der Waals surface area contributed by atoms with Crippen molar-refractivity contribution in [2.45, 2.75) is 49.5 Å². The summed E-state index contributed by atoms with van der Waals surface area (Å²) in [5, 5.41) is 15.1. The molecular weight excluding hydrogens is 557 g/mol. The smallest absolute Gasteiger partial charge is 0.319 e. The highest BCUT2D eigenvalue weighted by molar-refractivity contribution is 6.03. The second-order valence-electron chi connectivity index (χ2n) is 12.2. The first kappa shape index (κ1) is 26.5. The molecule has 11 heteroatoms. The average Bonchev–Trinajstić information content (AvgIpc) is 3.51. The van der Waals surface area contributed by atoms with Crippen LogP contribution in [0, 0.1) is 24.0 Å². The van der Waals surface area contributed by atoms with Crippen LogP contribution in [0.5, 0.6) is 11.8 Å². The van der Waals surface area contributed by atoms with Crippen LogP contribution in [-0.4, -0.2) is 81.5 Å². The molecule has 220 valence electrons. The van der Waals surface area contributed by atoms with E-state index in [0.29, 0.717) is 54.7 Å². The first-order valence-corrected chi connectivity index (χ1v) is 14.6. The quantitative estimate of drug-likeness (QED) is 0.335. The Morgan fingerprint density at radius 2 is 1.98 bits per heavy atom. The number of fused-ring (bicyclic) bond motifs is 5. The topological polar surface area (TPSA) is 86.6 Å². The number of phenolic OH excluding ortho intramolecular Hbond substituents is 1. The first-order valence-electron chi connectivity index (χ1n) is 14.6. The predicted octanol–water partition coefficient (Wildman–Crippen LogP) is 4.32. The molecule has 0 amide bonds. The molecule has 0 saturated carbocycles. The van der Waals surface area contributed by atoms with Crippen molar-refractivity contribution >= 4 is 27.5 Å². The number of hydrogen-bond donors (Lipinski definition) is 2. The van der Waals surface area contributed by atoms with Crippen molar-refractivity contribution < 1.29 is 23.0 Å². The van der Waals surface area contributed by atoms with E-state index in [2.05, 4.69) is 31.0 Å². The summed E-state index contributed by atoms with van der Waals surface area (Å²) in [7, 11) is 0. The van der Waals surface area contributed by atoms with Crippen LogP contribution in [0.3, 0.4) is 0 Å². The zero-order chi connectivity index (χ0) is 29.5. The van der Waals surface area contributed by atoms with Gasteiger partial charge < -0.3 is 20.1 Å². The van der Waals surface area contributed by atoms with Crippen LogP contribution in [-0.2, 0) is 0 Å². The zero-order valence-electron chi connectivity index (χ0n) is 23.3. The fraction of sp³-hybridized carbons (Fsp3) is 0.406. The minimum absolute atomic E-state index is 0.00501. The van der Waals surface area contributed by atoms with Crippen LogP contribution in [0.4, 0.5) is 19.0 Å². The maximum absolute atomic E-state index is 16.6. The minimum Gasteiger partial charge on any atom is -0.508 e. The second-order valence-corrected chi connectivity index (χ2v) is 12.2. The van der Waals surface area contributed by atoms with Crippen LogP contribution < -0.4 is 15.0 Å². The molecule has 2 bridgehead atoms. The van der Waals surface area contributed by atoms with Crippen molar-refractivity contribution in [1.29, 1.82) is 0 Å². The molecule has 5 fully saturated rings. The van der Waals surface area contributed by atoms with Crippen molar-refractivity contribution in [3.05, 3.63) is 47.7 Å². The van der Waals surface area contributed by atoms with E-state index in [-0.39, 0.29) is 46.1 Å². The van der Waals surface area contributed by atoms with Crippen molar-refractivity contribution in [3.63, 3.8) is 0 Å². The highest BCUT2D eigenvalue weighted by Crippen LogP contribution is 2.42. The van der Waals surface area contributed by atoms with E-state index in [1.807, 2.05) is 0 Å². The standard InChI is InChI=1S/C32H29F3N6O2/c1-2-22-25(34)5-4-17-8-21(42)10-23(26(17)22)28-27(35)29-24(12-36-28)30(40-14-19-9-20(15-40)37-19)39-31(38-29)43-16-32-6-3-7-41(32)13-18(33)11-32/h1,4-5,8,10,12,18-20,37,42H,3,6-7,9,11,13-16H2/t18-,19?,20?,32+/m1/s1. The van der Waals surface area contributed by atoms with Gasteiger partial charge in [0.25, 0.3) is 0 Å². The number of nitrogens with one attached hydrogen (secondary N) is 1. The number of terminal acetylenes is 1. The van der Waals surface area contributed by atoms with E-state index < -0.39 is 23.3 Å². The summed E-state index contributed by atoms with van der Waals surface area (Å²) in [6.07, 6.45) is 9.49. The van der Waals surface area contributed by atoms with Crippen molar-refractivity contribution in [2.75, 3.05) is 37.7 Å². The van der Waals surface area contributed by atoms with Crippen LogP contribution in [0.15, 0.2) is 30.5 Å². The van der Waals surface area contributed by atoms with Crippen molar-refractivity contribution in [1.82, 2.24) is 25.2 Å². The Morgan fingerprint density at radius 1 is 1.16 bits per heavy atom. The summed E-state index contributed by atoms with van der Waals surface area (Å²) < 4.78 is 52.0. The van der Waals surface area contributed by atoms with Gasteiger partial charge in [-0.15, -0.1) is 6.42 Å². The lowest BCUT2D eigenvalue weighted by Gasteiger charge is -2.48. The third-order valence-corrected chi connectivity index (χ3v) is 9.55. The molecule has 0 aliphatic carbocycles. The molecule has 5 aliphatic rings. The number of benzene rings is 2. The van der Waals surface area contributed by atoms with Gasteiger partial charge in [0, 0.05) is 55.3 Å². The molecule has 0 radical (unpaired) electrons. The molecule has 0 spiro atoms. The number of alkyl halides is 1. The lowest BCUT2D eigenvalue weighted by Crippen LogP contribution is -2.67. The Balaban J connectivity index is 1.27. The third kappa shape index (κ3) is 4.18. The summed E-state index contributed by atoms with van der Waals surface area (Å²) in [6, 6.07) is 6.09. The summed E-state index contributed by atoms with van der Waals surface area (Å²) in [5.41, 5.74) is -0.473. The molecule has 2 unspecified atom stereocenters. The van der Waals surface area contributed by atoms with E-state index in [9.17, 15) is 13.9 Å². The minimum atomic E-state index is -0.912. The monoisotopic (exact) mass is 586 g/mol. The van der Waals surface area contributed by atoms with Gasteiger partial charge in [0.15, 0.2) is 5.82 Å². The Labute approximate surface area is 245 Å². The molecule has 7 heterocycles. The van der Waals surface area contributed by atoms with Crippen LogP contribution in [0.2, 0.25) is 0 Å². The highest BCUT2D eigenvalue weighted by Gasteiger charge is 2.49. The van der Waals surface area contributed by atoms with Gasteiger partial charge in [-0.2, -0.15) is 9.97 Å². The fourth-order valence-corrected chi connectivity index (χ4v) is 7.60. The molecule has 43 heavy (non-hydrogen) atoms. The fourth-order valence-electron chi connectivity index (χ4n) is 7.60. The number of phenols is 1. The number of halogens is 3. The maximum Gasteiger partial charge on any atom is 0.319 e. The first-order chi connectivity index (χ1) is 20.8. The molecule has 4 aromatic rings. The molecule has 9 rings (SSSR count). The summed E-state index contributed by atoms with van der Waals surface area (Å²) in [6.45, 7) is 2.79. The van der Waals surface area contributed by atoms with Crippen LogP contribution in [0.25, 0.3) is 32.9 Å². The maximum atomic E-state index is 16.6. The van der Waals surface area contributed by atoms with Gasteiger partial charge in [-0.05, 0) is 49.4 Å².